The number of cyclic esters (lactones) is 1. The van der Waals surface area contributed by atoms with Gasteiger partial charge in [-0.15, -0.1) is 0 Å². The van der Waals surface area contributed by atoms with Gasteiger partial charge >= 0.3 is 5.97 Å². The smallest absolute Gasteiger partial charge is 0.343 e. The van der Waals surface area contributed by atoms with Crippen LogP contribution in [0.25, 0.3) is 0 Å². The number of rotatable bonds is 5. The second-order valence-electron chi connectivity index (χ2n) is 7.81. The average molecular weight is 496 g/mol. The van der Waals surface area contributed by atoms with Crippen LogP contribution in [0.2, 0.25) is 0 Å². The lowest BCUT2D eigenvalue weighted by atomic mass is 9.85. The van der Waals surface area contributed by atoms with Crippen LogP contribution in [0.4, 0.5) is 0 Å². The molecule has 0 amide bonds. The molecule has 3 unspecified atom stereocenters. The molecule has 0 bridgehead atoms. The number of hydrogen-bond acceptors (Lipinski definition) is 9. The molecular formula is C22H22ClNO8S. The Balaban J connectivity index is 1.75. The Labute approximate surface area is 197 Å². The van der Waals surface area contributed by atoms with Crippen molar-refractivity contribution < 1.29 is 37.4 Å². The van der Waals surface area contributed by atoms with E-state index in [2.05, 4.69) is 4.90 Å². The van der Waals surface area contributed by atoms with Crippen molar-refractivity contribution >= 4 is 26.7 Å². The van der Waals surface area contributed by atoms with E-state index < -0.39 is 28.1 Å². The molecule has 0 aliphatic carbocycles. The van der Waals surface area contributed by atoms with Crippen molar-refractivity contribution in [3.8, 4) is 28.7 Å². The van der Waals surface area contributed by atoms with Crippen molar-refractivity contribution in [2.45, 2.75) is 23.5 Å². The SMILES string of the molecule is COc1ccc2c(c1OC)C(=O)OC2C1c2c(c(S(=O)Cl)c3c(c2OC)OCO3)CCN1C. The Hall–Kier alpha value is -2.69. The minimum atomic E-state index is -1.85. The van der Waals surface area contributed by atoms with Gasteiger partial charge in [-0.3, -0.25) is 4.90 Å². The zero-order valence-electron chi connectivity index (χ0n) is 18.4. The van der Waals surface area contributed by atoms with Crippen LogP contribution < -0.4 is 23.7 Å². The molecule has 0 N–H and O–H groups in total. The highest BCUT2D eigenvalue weighted by atomic mass is 35.7. The van der Waals surface area contributed by atoms with Crippen LogP contribution >= 0.6 is 10.7 Å². The fourth-order valence-corrected chi connectivity index (χ4v) is 6.15. The van der Waals surface area contributed by atoms with E-state index in [-0.39, 0.29) is 6.79 Å². The quantitative estimate of drug-likeness (QED) is 0.458. The molecule has 0 aromatic heterocycles. The van der Waals surface area contributed by atoms with Crippen LogP contribution in [0.1, 0.15) is 39.2 Å². The molecule has 9 nitrogen and oxygen atoms in total. The summed E-state index contributed by atoms with van der Waals surface area (Å²) in [6.45, 7) is 0.576. The number of esters is 1. The summed E-state index contributed by atoms with van der Waals surface area (Å²) in [7, 11) is 10.7. The number of ether oxygens (including phenoxy) is 6. The molecule has 33 heavy (non-hydrogen) atoms. The summed E-state index contributed by atoms with van der Waals surface area (Å²) in [4.78, 5) is 15.4. The van der Waals surface area contributed by atoms with E-state index in [4.69, 9.17) is 39.1 Å². The number of halogens is 1. The highest BCUT2D eigenvalue weighted by Gasteiger charge is 2.47. The van der Waals surface area contributed by atoms with E-state index in [1.54, 1.807) is 12.1 Å². The molecule has 2 aromatic carbocycles. The Morgan fingerprint density at radius 3 is 2.48 bits per heavy atom. The number of likely N-dealkylation sites (N-methyl/N-ethyl adjacent to an activating group) is 1. The van der Waals surface area contributed by atoms with Crippen molar-refractivity contribution in [1.29, 1.82) is 0 Å². The Bertz CT molecular complexity index is 1190. The van der Waals surface area contributed by atoms with Gasteiger partial charge in [-0.2, -0.15) is 0 Å². The number of carbonyl (C=O) groups is 1. The van der Waals surface area contributed by atoms with Gasteiger partial charge in [0.2, 0.25) is 12.5 Å². The summed E-state index contributed by atoms with van der Waals surface area (Å²) in [5.74, 6) is 1.38. The third kappa shape index (κ3) is 3.15. The molecule has 3 atom stereocenters. The summed E-state index contributed by atoms with van der Waals surface area (Å²) in [5.41, 5.74) is 2.44. The highest BCUT2D eigenvalue weighted by Crippen LogP contribution is 2.57. The molecule has 0 saturated heterocycles. The predicted octanol–water partition coefficient (Wildman–Crippen LogP) is 3.14. The Morgan fingerprint density at radius 2 is 1.82 bits per heavy atom. The molecule has 3 aliphatic heterocycles. The number of carbonyl (C=O) groups excluding carboxylic acids is 1. The van der Waals surface area contributed by atoms with E-state index in [9.17, 15) is 9.00 Å². The first-order valence-corrected chi connectivity index (χ1v) is 12.2. The van der Waals surface area contributed by atoms with E-state index in [0.29, 0.717) is 63.3 Å². The maximum atomic E-state index is 13.0. The molecule has 3 heterocycles. The fourth-order valence-electron chi connectivity index (χ4n) is 4.96. The summed E-state index contributed by atoms with van der Waals surface area (Å²) < 4.78 is 46.4. The predicted molar refractivity (Wildman–Crippen MR) is 118 cm³/mol. The van der Waals surface area contributed by atoms with Gasteiger partial charge in [-0.05, 0) is 35.8 Å². The summed E-state index contributed by atoms with van der Waals surface area (Å²) >= 11 is 0. The summed E-state index contributed by atoms with van der Waals surface area (Å²) in [6, 6.07) is 3.08. The topological polar surface area (TPSA) is 92.8 Å². The molecule has 0 fully saturated rings. The maximum Gasteiger partial charge on any atom is 0.343 e. The average Bonchev–Trinajstić information content (AvgIpc) is 3.41. The number of hydrogen-bond donors (Lipinski definition) is 0. The molecule has 0 saturated carbocycles. The second kappa shape index (κ2) is 8.27. The van der Waals surface area contributed by atoms with Crippen LogP contribution in [0.5, 0.6) is 28.7 Å². The summed E-state index contributed by atoms with van der Waals surface area (Å²) in [6.07, 6.45) is -0.120. The van der Waals surface area contributed by atoms with E-state index in [1.165, 1.54) is 21.3 Å². The standard InChI is InChI=1S/C22H22ClNO8S/c1-24-8-7-11-13(18(29-4)19-20(31-9-30-19)21(11)33(23)26)15(24)16-10-5-6-12(27-2)17(28-3)14(10)22(25)32-16/h5-6,15-16H,7-9H2,1-4H3. The lowest BCUT2D eigenvalue weighted by Gasteiger charge is -2.39. The molecule has 5 rings (SSSR count). The minimum absolute atomic E-state index is 0.0333. The minimum Gasteiger partial charge on any atom is -0.493 e. The Kier molecular flexibility index (Phi) is 5.54. The first-order valence-electron chi connectivity index (χ1n) is 10.2. The molecule has 2 aromatic rings. The van der Waals surface area contributed by atoms with Gasteiger partial charge in [0.15, 0.2) is 33.0 Å². The van der Waals surface area contributed by atoms with Crippen molar-refractivity contribution in [2.24, 2.45) is 0 Å². The first-order chi connectivity index (χ1) is 15.9. The molecule has 11 heteroatoms. The highest BCUT2D eigenvalue weighted by molar-refractivity contribution is 8.08. The van der Waals surface area contributed by atoms with Crippen LogP contribution in [0.15, 0.2) is 17.0 Å². The molecule has 0 radical (unpaired) electrons. The fraction of sp³-hybridized carbons (Fsp3) is 0.409. The Morgan fingerprint density at radius 1 is 1.09 bits per heavy atom. The lowest BCUT2D eigenvalue weighted by Crippen LogP contribution is -2.37. The van der Waals surface area contributed by atoms with Gasteiger partial charge in [-0.1, -0.05) is 6.07 Å². The van der Waals surface area contributed by atoms with E-state index in [1.807, 2.05) is 7.05 Å². The number of fused-ring (bicyclic) bond motifs is 3. The van der Waals surface area contributed by atoms with Crippen molar-refractivity contribution in [3.05, 3.63) is 34.4 Å². The lowest BCUT2D eigenvalue weighted by molar-refractivity contribution is 0.00857. The van der Waals surface area contributed by atoms with Crippen molar-refractivity contribution in [2.75, 3.05) is 41.7 Å². The van der Waals surface area contributed by atoms with Gasteiger partial charge < -0.3 is 28.4 Å². The van der Waals surface area contributed by atoms with Crippen LogP contribution in [0, 0.1) is 0 Å². The number of benzene rings is 2. The van der Waals surface area contributed by atoms with Crippen LogP contribution in [-0.4, -0.2) is 56.8 Å². The molecular weight excluding hydrogens is 474 g/mol. The normalized spacial score (nSPS) is 21.8. The van der Waals surface area contributed by atoms with E-state index in [0.717, 1.165) is 5.56 Å². The van der Waals surface area contributed by atoms with Crippen LogP contribution in [-0.2, 0) is 21.2 Å². The number of methoxy groups -OCH3 is 3. The van der Waals surface area contributed by atoms with Gasteiger partial charge in [0.1, 0.15) is 16.6 Å². The zero-order chi connectivity index (χ0) is 23.4. The van der Waals surface area contributed by atoms with Gasteiger partial charge in [-0.25, -0.2) is 9.00 Å². The van der Waals surface area contributed by atoms with E-state index >= 15 is 0 Å². The molecule has 176 valence electrons. The van der Waals surface area contributed by atoms with Gasteiger partial charge in [0.05, 0.1) is 27.4 Å². The third-order valence-electron chi connectivity index (χ3n) is 6.33. The zero-order valence-corrected chi connectivity index (χ0v) is 20.0. The number of nitrogens with zero attached hydrogens (tertiary/aromatic N) is 1. The third-order valence-corrected chi connectivity index (χ3v) is 7.54. The second-order valence-corrected chi connectivity index (χ2v) is 9.51. The van der Waals surface area contributed by atoms with Gasteiger partial charge in [0.25, 0.3) is 0 Å². The summed E-state index contributed by atoms with van der Waals surface area (Å²) in [5, 5.41) is 0. The van der Waals surface area contributed by atoms with Crippen molar-refractivity contribution in [3.63, 3.8) is 0 Å². The van der Waals surface area contributed by atoms with Gasteiger partial charge in [0, 0.05) is 17.7 Å². The van der Waals surface area contributed by atoms with Crippen LogP contribution in [0.3, 0.4) is 0 Å². The maximum absolute atomic E-state index is 13.0. The van der Waals surface area contributed by atoms with Crippen molar-refractivity contribution in [1.82, 2.24) is 4.90 Å². The molecule has 3 aliphatic rings. The largest absolute Gasteiger partial charge is 0.493 e. The first kappa shape index (κ1) is 22.1. The monoisotopic (exact) mass is 495 g/mol. The molecule has 0 spiro atoms.